The van der Waals surface area contributed by atoms with Crippen LogP contribution in [0.5, 0.6) is 5.88 Å². The molecular weight excluding hydrogens is 356 g/mol. The minimum Gasteiger partial charge on any atom is -0.470 e. The number of aromatic amines is 1. The van der Waals surface area contributed by atoms with E-state index in [1.165, 1.54) is 6.33 Å². The maximum atomic E-state index is 12.8. The van der Waals surface area contributed by atoms with E-state index in [-0.39, 0.29) is 4.90 Å². The van der Waals surface area contributed by atoms with Crippen LogP contribution in [0.2, 0.25) is 0 Å². The number of sulfonamides is 1. The molecule has 4 rings (SSSR count). The number of rotatable bonds is 5. The predicted octanol–water partition coefficient (Wildman–Crippen LogP) is 1.47. The Labute approximate surface area is 150 Å². The fourth-order valence-electron chi connectivity index (χ4n) is 2.88. The second-order valence-electron chi connectivity index (χ2n) is 6.00. The minimum absolute atomic E-state index is 0.178. The lowest BCUT2D eigenvalue weighted by Gasteiger charge is -2.31. The van der Waals surface area contributed by atoms with Gasteiger partial charge < -0.3 is 14.5 Å². The summed E-state index contributed by atoms with van der Waals surface area (Å²) in [7, 11) is -3.71. The Kier molecular flexibility index (Phi) is 4.58. The van der Waals surface area contributed by atoms with Crippen molar-refractivity contribution in [3.63, 3.8) is 0 Å². The molecule has 3 heterocycles. The highest BCUT2D eigenvalue weighted by molar-refractivity contribution is 7.89. The maximum absolute atomic E-state index is 12.8. The molecule has 1 fully saturated rings. The van der Waals surface area contributed by atoms with Gasteiger partial charge in [-0.05, 0) is 30.7 Å². The third-order valence-electron chi connectivity index (χ3n) is 4.22. The number of nitrogens with zero attached hydrogens (tertiary/aromatic N) is 2. The fraction of sp³-hybridized carbons (Fsp3) is 0.294. The fourth-order valence-corrected chi connectivity index (χ4v) is 4.21. The Morgan fingerprint density at radius 3 is 3.00 bits per heavy atom. The topological polar surface area (TPSA) is 106 Å². The Balaban J connectivity index is 1.54. The van der Waals surface area contributed by atoms with Gasteiger partial charge in [-0.2, -0.15) is 0 Å². The molecular formula is C17H18N4O4S. The summed E-state index contributed by atoms with van der Waals surface area (Å²) in [5, 5.41) is 0. The molecule has 1 aliphatic heterocycles. The number of hydrogen-bond donors (Lipinski definition) is 2. The van der Waals surface area contributed by atoms with Gasteiger partial charge >= 0.3 is 0 Å². The molecule has 0 saturated carbocycles. The predicted molar refractivity (Wildman–Crippen MR) is 94.3 cm³/mol. The average molecular weight is 374 g/mol. The summed E-state index contributed by atoms with van der Waals surface area (Å²) in [4.78, 5) is 11.3. The summed E-state index contributed by atoms with van der Waals surface area (Å²) < 4.78 is 39.6. The lowest BCUT2D eigenvalue weighted by Crippen LogP contribution is -2.51. The van der Waals surface area contributed by atoms with E-state index in [0.717, 1.165) is 0 Å². The normalized spacial score (nSPS) is 20.9. The molecule has 8 nitrogen and oxygen atoms in total. The van der Waals surface area contributed by atoms with Gasteiger partial charge in [-0.15, -0.1) is 0 Å². The Bertz CT molecular complexity index is 990. The number of fused-ring (bicyclic) bond motifs is 1. The van der Waals surface area contributed by atoms with Crippen LogP contribution in [0.3, 0.4) is 0 Å². The molecule has 2 N–H and O–H groups in total. The molecule has 0 bridgehead atoms. The quantitative estimate of drug-likeness (QED) is 0.701. The lowest BCUT2D eigenvalue weighted by atomic mass is 10.1. The van der Waals surface area contributed by atoms with Gasteiger partial charge in [-0.25, -0.2) is 23.1 Å². The van der Waals surface area contributed by atoms with E-state index in [4.69, 9.17) is 9.47 Å². The van der Waals surface area contributed by atoms with Crippen molar-refractivity contribution in [2.24, 2.45) is 0 Å². The van der Waals surface area contributed by atoms with Crippen molar-refractivity contribution in [2.75, 3.05) is 13.2 Å². The van der Waals surface area contributed by atoms with Crippen molar-refractivity contribution < 1.29 is 17.9 Å². The van der Waals surface area contributed by atoms with Gasteiger partial charge in [0.25, 0.3) is 0 Å². The maximum Gasteiger partial charge on any atom is 0.241 e. The van der Waals surface area contributed by atoms with E-state index in [0.29, 0.717) is 36.5 Å². The van der Waals surface area contributed by atoms with E-state index < -0.39 is 22.2 Å². The number of H-pyrrole nitrogens is 1. The summed E-state index contributed by atoms with van der Waals surface area (Å²) >= 11 is 0. The van der Waals surface area contributed by atoms with Crippen LogP contribution >= 0.6 is 0 Å². The molecule has 3 aromatic rings. The van der Waals surface area contributed by atoms with Crippen LogP contribution in [-0.4, -0.2) is 48.7 Å². The molecule has 0 unspecified atom stereocenters. The Hall–Kier alpha value is -2.49. The van der Waals surface area contributed by atoms with Gasteiger partial charge in [-0.1, -0.05) is 6.07 Å². The zero-order valence-electron chi connectivity index (χ0n) is 13.8. The first kappa shape index (κ1) is 17.0. The van der Waals surface area contributed by atoms with Gasteiger partial charge in [0, 0.05) is 18.9 Å². The first-order valence-electron chi connectivity index (χ1n) is 8.23. The number of nitrogens with one attached hydrogen (secondary N) is 2. The molecule has 1 aromatic carbocycles. The standard InChI is InChI=1S/C17H18N4O4S/c22-26(23,12-4-5-13-15(9-12)20-11-19-13)21-14-6-8-24-10-16(14)25-17-3-1-2-7-18-17/h1-5,7,9,11,14,16,21H,6,8,10H2,(H,19,20)/t14-,16-/m1/s1. The van der Waals surface area contributed by atoms with Gasteiger partial charge in [-0.3, -0.25) is 0 Å². The van der Waals surface area contributed by atoms with Crippen molar-refractivity contribution >= 4 is 21.1 Å². The third kappa shape index (κ3) is 3.55. The zero-order valence-corrected chi connectivity index (χ0v) is 14.6. The van der Waals surface area contributed by atoms with Gasteiger partial charge in [0.15, 0.2) is 0 Å². The Morgan fingerprint density at radius 1 is 1.23 bits per heavy atom. The van der Waals surface area contributed by atoms with E-state index in [1.54, 1.807) is 36.5 Å². The van der Waals surface area contributed by atoms with Crippen LogP contribution in [0.4, 0.5) is 0 Å². The molecule has 136 valence electrons. The van der Waals surface area contributed by atoms with E-state index in [9.17, 15) is 8.42 Å². The van der Waals surface area contributed by atoms with Crippen LogP contribution < -0.4 is 9.46 Å². The first-order chi connectivity index (χ1) is 12.6. The molecule has 2 atom stereocenters. The summed E-state index contributed by atoms with van der Waals surface area (Å²) in [6.45, 7) is 0.762. The molecule has 26 heavy (non-hydrogen) atoms. The van der Waals surface area contributed by atoms with Crippen molar-refractivity contribution in [2.45, 2.75) is 23.5 Å². The van der Waals surface area contributed by atoms with Gasteiger partial charge in [0.05, 0.1) is 34.9 Å². The lowest BCUT2D eigenvalue weighted by molar-refractivity contribution is -0.0111. The zero-order chi connectivity index (χ0) is 18.0. The van der Waals surface area contributed by atoms with Gasteiger partial charge in [0.1, 0.15) is 6.10 Å². The third-order valence-corrected chi connectivity index (χ3v) is 5.71. The van der Waals surface area contributed by atoms with Crippen LogP contribution in [0.25, 0.3) is 11.0 Å². The highest BCUT2D eigenvalue weighted by atomic mass is 32.2. The molecule has 0 aliphatic carbocycles. The summed E-state index contributed by atoms with van der Waals surface area (Å²) in [6, 6.07) is 9.70. The van der Waals surface area contributed by atoms with Crippen molar-refractivity contribution in [3.05, 3.63) is 48.9 Å². The molecule has 1 saturated heterocycles. The molecule has 1 aliphatic rings. The molecule has 0 radical (unpaired) electrons. The van der Waals surface area contributed by atoms with Crippen molar-refractivity contribution in [1.29, 1.82) is 0 Å². The van der Waals surface area contributed by atoms with Crippen molar-refractivity contribution in [3.8, 4) is 5.88 Å². The second kappa shape index (κ2) is 7.02. The van der Waals surface area contributed by atoms with E-state index >= 15 is 0 Å². The van der Waals surface area contributed by atoms with Crippen LogP contribution in [0.15, 0.2) is 53.8 Å². The van der Waals surface area contributed by atoms with Crippen LogP contribution in [0, 0.1) is 0 Å². The molecule has 9 heteroatoms. The SMILES string of the molecule is O=S(=O)(N[C@@H]1CCOC[C@H]1Oc1ccccn1)c1ccc2nc[nH]c2c1. The van der Waals surface area contributed by atoms with Gasteiger partial charge in [0.2, 0.25) is 15.9 Å². The monoisotopic (exact) mass is 374 g/mol. The highest BCUT2D eigenvalue weighted by Crippen LogP contribution is 2.20. The number of hydrogen-bond acceptors (Lipinski definition) is 6. The van der Waals surface area contributed by atoms with E-state index in [2.05, 4.69) is 19.7 Å². The smallest absolute Gasteiger partial charge is 0.241 e. The van der Waals surface area contributed by atoms with E-state index in [1.807, 2.05) is 6.07 Å². The number of benzene rings is 1. The summed E-state index contributed by atoms with van der Waals surface area (Å²) in [5.41, 5.74) is 1.38. The Morgan fingerprint density at radius 2 is 2.15 bits per heavy atom. The summed E-state index contributed by atoms with van der Waals surface area (Å²) in [6.07, 6.45) is 3.22. The molecule has 0 amide bonds. The largest absolute Gasteiger partial charge is 0.470 e. The van der Waals surface area contributed by atoms with Crippen molar-refractivity contribution in [1.82, 2.24) is 19.7 Å². The number of pyridine rings is 1. The highest BCUT2D eigenvalue weighted by Gasteiger charge is 2.32. The summed E-state index contributed by atoms with van der Waals surface area (Å²) in [5.74, 6) is 0.436. The van der Waals surface area contributed by atoms with Crippen LogP contribution in [-0.2, 0) is 14.8 Å². The number of ether oxygens (including phenoxy) is 2. The first-order valence-corrected chi connectivity index (χ1v) is 9.71. The minimum atomic E-state index is -3.71. The molecule has 2 aromatic heterocycles. The molecule has 0 spiro atoms. The number of aromatic nitrogens is 3. The average Bonchev–Trinajstić information content (AvgIpc) is 3.12. The second-order valence-corrected chi connectivity index (χ2v) is 7.71. The number of imidazole rings is 1. The van der Waals surface area contributed by atoms with Crippen LogP contribution in [0.1, 0.15) is 6.42 Å².